The molecule has 2 rings (SSSR count). The highest BCUT2D eigenvalue weighted by molar-refractivity contribution is 6.34. The summed E-state index contributed by atoms with van der Waals surface area (Å²) in [7, 11) is 0. The number of hydrogen-bond donors (Lipinski definition) is 1. The number of rotatable bonds is 3. The second-order valence-electron chi connectivity index (χ2n) is 4.52. The van der Waals surface area contributed by atoms with Gasteiger partial charge < -0.3 is 5.32 Å². The number of pyridine rings is 1. The van der Waals surface area contributed by atoms with Crippen molar-refractivity contribution in [3.63, 3.8) is 0 Å². The highest BCUT2D eigenvalue weighted by atomic mass is 35.5. The standard InChI is InChI=1S/C13H16ClN3/c14-12-11(8-15)6-7-16-13(12)17-9-10-4-2-1-3-5-10/h6-7,10H,1-5,9H2,(H,16,17). The van der Waals surface area contributed by atoms with E-state index in [2.05, 4.69) is 16.4 Å². The van der Waals surface area contributed by atoms with E-state index in [0.29, 0.717) is 22.3 Å². The maximum absolute atomic E-state index is 8.87. The zero-order valence-corrected chi connectivity index (χ0v) is 10.5. The van der Waals surface area contributed by atoms with Gasteiger partial charge in [-0.2, -0.15) is 5.26 Å². The van der Waals surface area contributed by atoms with Crippen molar-refractivity contribution in [1.29, 1.82) is 5.26 Å². The van der Waals surface area contributed by atoms with Crippen LogP contribution in [0.1, 0.15) is 37.7 Å². The number of nitriles is 1. The van der Waals surface area contributed by atoms with E-state index >= 15 is 0 Å². The highest BCUT2D eigenvalue weighted by Crippen LogP contribution is 2.26. The number of hydrogen-bond acceptors (Lipinski definition) is 3. The summed E-state index contributed by atoms with van der Waals surface area (Å²) in [4.78, 5) is 4.18. The second kappa shape index (κ2) is 5.88. The monoisotopic (exact) mass is 249 g/mol. The van der Waals surface area contributed by atoms with E-state index in [1.807, 2.05) is 0 Å². The first-order chi connectivity index (χ1) is 8.31. The Bertz CT molecular complexity index is 419. The van der Waals surface area contributed by atoms with E-state index in [1.54, 1.807) is 12.3 Å². The molecule has 1 aromatic heterocycles. The van der Waals surface area contributed by atoms with Crippen molar-refractivity contribution in [1.82, 2.24) is 4.98 Å². The van der Waals surface area contributed by atoms with Crippen LogP contribution in [0.3, 0.4) is 0 Å². The molecule has 0 aliphatic heterocycles. The van der Waals surface area contributed by atoms with Gasteiger partial charge in [0.15, 0.2) is 0 Å². The van der Waals surface area contributed by atoms with Crippen LogP contribution >= 0.6 is 11.6 Å². The van der Waals surface area contributed by atoms with Crippen molar-refractivity contribution >= 4 is 17.4 Å². The second-order valence-corrected chi connectivity index (χ2v) is 4.90. The molecule has 1 heterocycles. The summed E-state index contributed by atoms with van der Waals surface area (Å²) in [5.74, 6) is 1.35. The van der Waals surface area contributed by atoms with Crippen LogP contribution in [0.15, 0.2) is 12.3 Å². The molecule has 0 saturated heterocycles. The fourth-order valence-corrected chi connectivity index (χ4v) is 2.51. The molecule has 90 valence electrons. The molecule has 1 saturated carbocycles. The van der Waals surface area contributed by atoms with Gasteiger partial charge in [0.2, 0.25) is 0 Å². The van der Waals surface area contributed by atoms with Gasteiger partial charge in [-0.1, -0.05) is 30.9 Å². The molecule has 1 fully saturated rings. The summed E-state index contributed by atoms with van der Waals surface area (Å²) in [5, 5.41) is 12.6. The first kappa shape index (κ1) is 12.2. The van der Waals surface area contributed by atoms with Gasteiger partial charge in [0.05, 0.1) is 5.56 Å². The van der Waals surface area contributed by atoms with E-state index in [0.717, 1.165) is 6.54 Å². The van der Waals surface area contributed by atoms with Crippen molar-refractivity contribution in [3.05, 3.63) is 22.8 Å². The van der Waals surface area contributed by atoms with Crippen LogP contribution in [0.25, 0.3) is 0 Å². The maximum atomic E-state index is 8.87. The molecule has 3 nitrogen and oxygen atoms in total. The van der Waals surface area contributed by atoms with Gasteiger partial charge >= 0.3 is 0 Å². The molecule has 0 atom stereocenters. The van der Waals surface area contributed by atoms with Gasteiger partial charge in [0.25, 0.3) is 0 Å². The molecule has 0 unspecified atom stereocenters. The fraction of sp³-hybridized carbons (Fsp3) is 0.538. The molecule has 0 spiro atoms. The SMILES string of the molecule is N#Cc1ccnc(NCC2CCCCC2)c1Cl. The summed E-state index contributed by atoms with van der Waals surface area (Å²) in [6.45, 7) is 0.904. The summed E-state index contributed by atoms with van der Waals surface area (Å²) < 4.78 is 0. The molecule has 0 bridgehead atoms. The number of aromatic nitrogens is 1. The quantitative estimate of drug-likeness (QED) is 0.891. The Labute approximate surface area is 107 Å². The Kier molecular flexibility index (Phi) is 4.22. The highest BCUT2D eigenvalue weighted by Gasteiger charge is 2.14. The largest absolute Gasteiger partial charge is 0.369 e. The third-order valence-corrected chi connectivity index (χ3v) is 3.68. The number of halogens is 1. The lowest BCUT2D eigenvalue weighted by atomic mass is 9.89. The summed E-state index contributed by atoms with van der Waals surface area (Å²) in [6, 6.07) is 3.69. The zero-order valence-electron chi connectivity index (χ0n) is 9.75. The van der Waals surface area contributed by atoms with Crippen LogP contribution in [0.4, 0.5) is 5.82 Å². The predicted molar refractivity (Wildman–Crippen MR) is 69.0 cm³/mol. The Morgan fingerprint density at radius 2 is 2.18 bits per heavy atom. The number of anilines is 1. The molecule has 0 amide bonds. The van der Waals surface area contributed by atoms with Gasteiger partial charge in [-0.05, 0) is 24.8 Å². The summed E-state index contributed by atoms with van der Waals surface area (Å²) in [5.41, 5.74) is 0.479. The molecule has 1 aliphatic rings. The minimum atomic E-state index is 0.436. The van der Waals surface area contributed by atoms with Gasteiger partial charge in [-0.25, -0.2) is 4.98 Å². The normalized spacial score (nSPS) is 16.5. The van der Waals surface area contributed by atoms with Crippen molar-refractivity contribution in [2.75, 3.05) is 11.9 Å². The Balaban J connectivity index is 1.96. The molecule has 17 heavy (non-hydrogen) atoms. The third kappa shape index (κ3) is 3.10. The maximum Gasteiger partial charge on any atom is 0.146 e. The molecular formula is C13H16ClN3. The predicted octanol–water partition coefficient (Wildman–Crippen LogP) is 3.60. The van der Waals surface area contributed by atoms with Gasteiger partial charge in [-0.3, -0.25) is 0 Å². The van der Waals surface area contributed by atoms with E-state index in [1.165, 1.54) is 32.1 Å². The smallest absolute Gasteiger partial charge is 0.146 e. The minimum absolute atomic E-state index is 0.436. The Morgan fingerprint density at radius 1 is 1.41 bits per heavy atom. The first-order valence-electron chi connectivity index (χ1n) is 6.09. The Morgan fingerprint density at radius 3 is 2.88 bits per heavy atom. The average Bonchev–Trinajstić information content (AvgIpc) is 2.39. The van der Waals surface area contributed by atoms with Crippen molar-refractivity contribution in [2.45, 2.75) is 32.1 Å². The molecule has 1 N–H and O–H groups in total. The van der Waals surface area contributed by atoms with Crippen molar-refractivity contribution < 1.29 is 0 Å². The molecule has 1 aromatic rings. The van der Waals surface area contributed by atoms with Crippen molar-refractivity contribution in [2.24, 2.45) is 5.92 Å². The van der Waals surface area contributed by atoms with E-state index < -0.39 is 0 Å². The van der Waals surface area contributed by atoms with Gasteiger partial charge in [-0.15, -0.1) is 0 Å². The lowest BCUT2D eigenvalue weighted by molar-refractivity contribution is 0.373. The van der Waals surface area contributed by atoms with E-state index in [4.69, 9.17) is 16.9 Å². The van der Waals surface area contributed by atoms with Crippen LogP contribution in [-0.2, 0) is 0 Å². The Hall–Kier alpha value is -1.27. The molecule has 0 aromatic carbocycles. The van der Waals surface area contributed by atoms with Crippen LogP contribution < -0.4 is 5.32 Å². The zero-order chi connectivity index (χ0) is 12.1. The lowest BCUT2D eigenvalue weighted by Crippen LogP contribution is -2.17. The molecular weight excluding hydrogens is 234 g/mol. The van der Waals surface area contributed by atoms with E-state index in [-0.39, 0.29) is 0 Å². The van der Waals surface area contributed by atoms with Crippen LogP contribution in [0, 0.1) is 17.2 Å². The minimum Gasteiger partial charge on any atom is -0.369 e. The van der Waals surface area contributed by atoms with Crippen LogP contribution in [0.2, 0.25) is 5.02 Å². The first-order valence-corrected chi connectivity index (χ1v) is 6.47. The van der Waals surface area contributed by atoms with Crippen LogP contribution in [0.5, 0.6) is 0 Å². The van der Waals surface area contributed by atoms with Crippen LogP contribution in [-0.4, -0.2) is 11.5 Å². The summed E-state index contributed by atoms with van der Waals surface area (Å²) in [6.07, 6.45) is 8.19. The number of nitrogens with one attached hydrogen (secondary N) is 1. The molecule has 1 aliphatic carbocycles. The lowest BCUT2D eigenvalue weighted by Gasteiger charge is -2.22. The fourth-order valence-electron chi connectivity index (χ4n) is 2.29. The van der Waals surface area contributed by atoms with Gasteiger partial charge in [0, 0.05) is 12.7 Å². The van der Waals surface area contributed by atoms with Gasteiger partial charge in [0.1, 0.15) is 16.9 Å². The van der Waals surface area contributed by atoms with E-state index in [9.17, 15) is 0 Å². The topological polar surface area (TPSA) is 48.7 Å². The third-order valence-electron chi connectivity index (χ3n) is 3.29. The molecule has 4 heteroatoms. The number of nitrogens with zero attached hydrogens (tertiary/aromatic N) is 2. The average molecular weight is 250 g/mol. The molecule has 0 radical (unpaired) electrons. The van der Waals surface area contributed by atoms with Crippen molar-refractivity contribution in [3.8, 4) is 6.07 Å². The summed E-state index contributed by atoms with van der Waals surface area (Å²) >= 11 is 6.08.